The van der Waals surface area contributed by atoms with Crippen molar-refractivity contribution in [2.24, 2.45) is 4.99 Å². The number of rotatable bonds is 6. The standard InChI is InChI=1S/C34H25NO2P.ClH/c36-34-31(35-33(37-34)27-18-8-2-9-19-27)32(26-16-6-1-7-17-26)38(28-20-10-3-11-21-28,29-22-12-4-13-23-29)30-24-14-5-15-25-30;/h1-25H;1H/q+1;/p-1/b32-31-;. The Balaban J connectivity index is 0.00000308. The van der Waals surface area contributed by atoms with E-state index in [1.165, 1.54) is 0 Å². The lowest BCUT2D eigenvalue weighted by molar-refractivity contribution is -0.129. The van der Waals surface area contributed by atoms with E-state index in [-0.39, 0.29) is 12.4 Å². The predicted octanol–water partition coefficient (Wildman–Crippen LogP) is 3.36. The molecule has 1 heterocycles. The van der Waals surface area contributed by atoms with Gasteiger partial charge in [0, 0.05) is 11.1 Å². The molecule has 0 saturated heterocycles. The third kappa shape index (κ3) is 4.83. The third-order valence-electron chi connectivity index (χ3n) is 6.65. The molecule has 6 rings (SSSR count). The van der Waals surface area contributed by atoms with Gasteiger partial charge in [-0.3, -0.25) is 0 Å². The summed E-state index contributed by atoms with van der Waals surface area (Å²) in [5, 5.41) is 4.30. The maximum absolute atomic E-state index is 13.7. The molecular formula is C34H25ClNO2P. The number of halogens is 1. The van der Waals surface area contributed by atoms with Crippen molar-refractivity contribution in [1.29, 1.82) is 0 Å². The number of benzene rings is 5. The summed E-state index contributed by atoms with van der Waals surface area (Å²) in [4.78, 5) is 18.6. The van der Waals surface area contributed by atoms with Crippen LogP contribution in [0.5, 0.6) is 0 Å². The molecule has 0 radical (unpaired) electrons. The second kappa shape index (κ2) is 11.6. The van der Waals surface area contributed by atoms with Crippen LogP contribution in [0, 0.1) is 0 Å². The van der Waals surface area contributed by atoms with Crippen LogP contribution in [0.4, 0.5) is 0 Å². The molecule has 5 heteroatoms. The van der Waals surface area contributed by atoms with Crippen LogP contribution in [0.3, 0.4) is 0 Å². The Morgan fingerprint density at radius 2 is 0.923 bits per heavy atom. The molecular weight excluding hydrogens is 521 g/mol. The zero-order valence-electron chi connectivity index (χ0n) is 21.0. The van der Waals surface area contributed by atoms with Crippen LogP contribution in [0.1, 0.15) is 11.1 Å². The summed E-state index contributed by atoms with van der Waals surface area (Å²) in [5.41, 5.74) is 2.06. The topological polar surface area (TPSA) is 38.7 Å². The Labute approximate surface area is 235 Å². The molecule has 0 spiro atoms. The number of hydrogen-bond acceptors (Lipinski definition) is 3. The fraction of sp³-hybridized carbons (Fsp3) is 0. The number of cyclic esters (lactones) is 1. The van der Waals surface area contributed by atoms with Gasteiger partial charge in [-0.15, -0.1) is 0 Å². The molecule has 0 aliphatic carbocycles. The van der Waals surface area contributed by atoms with Crippen LogP contribution in [-0.2, 0) is 9.53 Å². The molecule has 5 aromatic rings. The second-order valence-electron chi connectivity index (χ2n) is 8.91. The van der Waals surface area contributed by atoms with Gasteiger partial charge in [0.2, 0.25) is 5.90 Å². The number of ether oxygens (including phenoxy) is 1. The van der Waals surface area contributed by atoms with Crippen molar-refractivity contribution in [1.82, 2.24) is 0 Å². The maximum atomic E-state index is 13.7. The molecule has 1 aliphatic rings. The van der Waals surface area contributed by atoms with Gasteiger partial charge in [0.15, 0.2) is 5.70 Å². The average Bonchev–Trinajstić information content (AvgIpc) is 3.39. The van der Waals surface area contributed by atoms with E-state index in [0.29, 0.717) is 11.6 Å². The third-order valence-corrected chi connectivity index (χ3v) is 11.0. The van der Waals surface area contributed by atoms with Crippen molar-refractivity contribution < 1.29 is 21.9 Å². The number of aliphatic imine (C=N–C) groups is 1. The number of nitrogens with zero attached hydrogens (tertiary/aromatic N) is 1. The van der Waals surface area contributed by atoms with Crippen LogP contribution in [-0.4, -0.2) is 11.9 Å². The predicted molar refractivity (Wildman–Crippen MR) is 158 cm³/mol. The van der Waals surface area contributed by atoms with Crippen molar-refractivity contribution >= 4 is 40.4 Å². The molecule has 39 heavy (non-hydrogen) atoms. The first-order valence-electron chi connectivity index (χ1n) is 12.5. The van der Waals surface area contributed by atoms with E-state index in [2.05, 4.69) is 84.9 Å². The van der Waals surface area contributed by atoms with Crippen molar-refractivity contribution in [3.05, 3.63) is 168 Å². The lowest BCUT2D eigenvalue weighted by Gasteiger charge is -2.30. The molecule has 0 amide bonds. The Bertz CT molecular complexity index is 1530. The smallest absolute Gasteiger partial charge is 0.368 e. The van der Waals surface area contributed by atoms with Gasteiger partial charge in [0.25, 0.3) is 0 Å². The monoisotopic (exact) mass is 545 g/mol. The van der Waals surface area contributed by atoms with Crippen molar-refractivity contribution in [2.45, 2.75) is 0 Å². The highest BCUT2D eigenvalue weighted by atomic mass is 35.5. The number of carbonyl (C=O) groups is 1. The number of esters is 1. The van der Waals surface area contributed by atoms with E-state index in [1.54, 1.807) is 0 Å². The first kappa shape index (κ1) is 26.3. The molecule has 0 aromatic heterocycles. The molecule has 3 nitrogen and oxygen atoms in total. The van der Waals surface area contributed by atoms with Crippen LogP contribution in [0.2, 0.25) is 0 Å². The van der Waals surface area contributed by atoms with Gasteiger partial charge >= 0.3 is 5.97 Å². The first-order chi connectivity index (χ1) is 18.8. The Hall–Kier alpha value is -4.30. The number of hydrogen-bond donors (Lipinski definition) is 0. The summed E-state index contributed by atoms with van der Waals surface area (Å²) in [5.74, 6) is -0.110. The zero-order chi connectivity index (χ0) is 25.8. The largest absolute Gasteiger partial charge is 1.00 e. The highest BCUT2D eigenvalue weighted by molar-refractivity contribution is 8.03. The molecule has 0 saturated carbocycles. The minimum Gasteiger partial charge on any atom is -1.00 e. The van der Waals surface area contributed by atoms with Crippen LogP contribution < -0.4 is 28.3 Å². The molecule has 1 aliphatic heterocycles. The highest BCUT2D eigenvalue weighted by Crippen LogP contribution is 2.67. The summed E-state index contributed by atoms with van der Waals surface area (Å²) in [6.45, 7) is 0. The Morgan fingerprint density at radius 3 is 1.36 bits per heavy atom. The van der Waals surface area contributed by atoms with Crippen LogP contribution >= 0.6 is 7.26 Å². The molecule has 0 N–H and O–H groups in total. The fourth-order valence-corrected chi connectivity index (χ4v) is 9.56. The van der Waals surface area contributed by atoms with Gasteiger partial charge in [-0.1, -0.05) is 103 Å². The van der Waals surface area contributed by atoms with Crippen molar-refractivity contribution in [3.63, 3.8) is 0 Å². The lowest BCUT2D eigenvalue weighted by Crippen LogP contribution is -3.00. The van der Waals surface area contributed by atoms with E-state index in [0.717, 1.165) is 32.4 Å². The zero-order valence-corrected chi connectivity index (χ0v) is 22.7. The molecule has 0 fully saturated rings. The summed E-state index contributed by atoms with van der Waals surface area (Å²) in [6, 6.07) is 51.2. The minimum absolute atomic E-state index is 0. The molecule has 0 unspecified atom stereocenters. The quantitative estimate of drug-likeness (QED) is 0.186. The highest BCUT2D eigenvalue weighted by Gasteiger charge is 2.53. The molecule has 5 aromatic carbocycles. The molecule has 0 bridgehead atoms. The van der Waals surface area contributed by atoms with E-state index >= 15 is 0 Å². The summed E-state index contributed by atoms with van der Waals surface area (Å²) < 4.78 is 5.84. The van der Waals surface area contributed by atoms with Gasteiger partial charge in [0.1, 0.15) is 28.5 Å². The summed E-state index contributed by atoms with van der Waals surface area (Å²) in [7, 11) is -2.62. The lowest BCUT2D eigenvalue weighted by atomic mass is 10.2. The second-order valence-corrected chi connectivity index (χ2v) is 12.3. The van der Waals surface area contributed by atoms with E-state index in [4.69, 9.17) is 9.73 Å². The van der Waals surface area contributed by atoms with Gasteiger partial charge < -0.3 is 17.1 Å². The normalized spacial score (nSPS) is 14.2. The van der Waals surface area contributed by atoms with E-state index < -0.39 is 13.2 Å². The molecule has 0 atom stereocenters. The molecule has 190 valence electrons. The van der Waals surface area contributed by atoms with Gasteiger partial charge in [0.05, 0.1) is 0 Å². The van der Waals surface area contributed by atoms with Gasteiger partial charge in [-0.05, 0) is 48.5 Å². The van der Waals surface area contributed by atoms with E-state index in [1.807, 2.05) is 66.7 Å². The Morgan fingerprint density at radius 1 is 0.538 bits per heavy atom. The Kier molecular flexibility index (Phi) is 7.84. The van der Waals surface area contributed by atoms with Crippen LogP contribution in [0.15, 0.2) is 162 Å². The minimum atomic E-state index is -2.62. The SMILES string of the molecule is O=C1OC(c2ccccc2)=N/C1=C(/c1ccccc1)[P+](c1ccccc1)(c1ccccc1)c1ccccc1.[Cl-]. The summed E-state index contributed by atoms with van der Waals surface area (Å²) in [6.07, 6.45) is 0. The number of carbonyl (C=O) groups excluding carboxylic acids is 1. The van der Waals surface area contributed by atoms with E-state index in [9.17, 15) is 4.79 Å². The van der Waals surface area contributed by atoms with Crippen LogP contribution in [0.25, 0.3) is 5.31 Å². The van der Waals surface area contributed by atoms with Crippen molar-refractivity contribution in [3.8, 4) is 0 Å². The average molecular weight is 546 g/mol. The maximum Gasteiger partial charge on any atom is 0.368 e. The first-order valence-corrected chi connectivity index (χ1v) is 14.3. The fourth-order valence-electron chi connectivity index (χ4n) is 5.03. The van der Waals surface area contributed by atoms with Gasteiger partial charge in [-0.2, -0.15) is 0 Å². The van der Waals surface area contributed by atoms with Crippen molar-refractivity contribution in [2.75, 3.05) is 0 Å². The summed E-state index contributed by atoms with van der Waals surface area (Å²) >= 11 is 0. The van der Waals surface area contributed by atoms with Gasteiger partial charge in [-0.25, -0.2) is 9.79 Å².